The van der Waals surface area contributed by atoms with E-state index in [9.17, 15) is 0 Å². The van der Waals surface area contributed by atoms with Crippen LogP contribution in [0.2, 0.25) is 0 Å². The summed E-state index contributed by atoms with van der Waals surface area (Å²) < 4.78 is 0. The van der Waals surface area contributed by atoms with Crippen molar-refractivity contribution >= 4 is 0 Å². The third-order valence-corrected chi connectivity index (χ3v) is 5.45. The first-order valence-electron chi connectivity index (χ1n) is 9.24. The predicted octanol–water partition coefficient (Wildman–Crippen LogP) is 5.77. The normalized spacial score (nSPS) is 20.5. The van der Waals surface area contributed by atoms with Crippen molar-refractivity contribution < 1.29 is 0 Å². The fourth-order valence-electron chi connectivity index (χ4n) is 3.88. The average Bonchev–Trinajstić information content (AvgIpc) is 2.67. The standard InChI is InChI=1S/C22H26N2/c1-2-17-4-3-5-19(14-17)7-6-18-8-11-21(12-9-18)22-13-10-20(15-23)16-24-22/h8-13,16-17,19H,2-7,14H2,1H3. The van der Waals surface area contributed by atoms with Crippen molar-refractivity contribution in [1.82, 2.24) is 4.98 Å². The van der Waals surface area contributed by atoms with Gasteiger partial charge in [0, 0.05) is 11.8 Å². The van der Waals surface area contributed by atoms with Gasteiger partial charge in [-0.15, -0.1) is 0 Å². The summed E-state index contributed by atoms with van der Waals surface area (Å²) in [4.78, 5) is 4.36. The SMILES string of the molecule is CCC1CCCC(CCc2ccc(-c3ccc(C#N)cn3)cc2)C1. The van der Waals surface area contributed by atoms with Gasteiger partial charge in [-0.25, -0.2) is 0 Å². The zero-order chi connectivity index (χ0) is 16.8. The number of rotatable bonds is 5. The zero-order valence-electron chi connectivity index (χ0n) is 14.5. The first-order valence-corrected chi connectivity index (χ1v) is 9.24. The Morgan fingerprint density at radius 1 is 1.08 bits per heavy atom. The van der Waals surface area contributed by atoms with E-state index in [1.54, 1.807) is 6.20 Å². The average molecular weight is 318 g/mol. The second-order valence-electron chi connectivity index (χ2n) is 7.09. The summed E-state index contributed by atoms with van der Waals surface area (Å²) in [6, 6.07) is 14.6. The molecular formula is C22H26N2. The summed E-state index contributed by atoms with van der Waals surface area (Å²) in [5.41, 5.74) is 4.07. The summed E-state index contributed by atoms with van der Waals surface area (Å²) in [6.45, 7) is 2.34. The highest BCUT2D eigenvalue weighted by atomic mass is 14.7. The summed E-state index contributed by atoms with van der Waals surface area (Å²) in [7, 11) is 0. The lowest BCUT2D eigenvalue weighted by Crippen LogP contribution is -2.15. The Morgan fingerprint density at radius 2 is 1.88 bits per heavy atom. The van der Waals surface area contributed by atoms with Crippen molar-refractivity contribution in [3.63, 3.8) is 0 Å². The van der Waals surface area contributed by atoms with E-state index in [1.165, 1.54) is 50.5 Å². The Hall–Kier alpha value is -2.14. The first kappa shape index (κ1) is 16.7. The lowest BCUT2D eigenvalue weighted by molar-refractivity contribution is 0.250. The van der Waals surface area contributed by atoms with Crippen LogP contribution in [0, 0.1) is 23.2 Å². The maximum absolute atomic E-state index is 8.84. The Balaban J connectivity index is 1.57. The third-order valence-electron chi connectivity index (χ3n) is 5.45. The molecule has 124 valence electrons. The number of hydrogen-bond donors (Lipinski definition) is 0. The Kier molecular flexibility index (Phi) is 5.64. The van der Waals surface area contributed by atoms with Gasteiger partial charge in [0.1, 0.15) is 6.07 Å². The van der Waals surface area contributed by atoms with Crippen LogP contribution in [0.25, 0.3) is 11.3 Å². The number of nitriles is 1. The molecule has 0 aliphatic heterocycles. The molecule has 1 saturated carbocycles. The lowest BCUT2D eigenvalue weighted by Gasteiger charge is -2.28. The van der Waals surface area contributed by atoms with E-state index < -0.39 is 0 Å². The topological polar surface area (TPSA) is 36.7 Å². The molecule has 2 atom stereocenters. The van der Waals surface area contributed by atoms with Crippen LogP contribution in [0.4, 0.5) is 0 Å². The van der Waals surface area contributed by atoms with Crippen molar-refractivity contribution in [1.29, 1.82) is 5.26 Å². The van der Waals surface area contributed by atoms with E-state index in [2.05, 4.69) is 42.2 Å². The Morgan fingerprint density at radius 3 is 2.54 bits per heavy atom. The summed E-state index contributed by atoms with van der Waals surface area (Å²) in [5.74, 6) is 1.89. The van der Waals surface area contributed by atoms with E-state index in [4.69, 9.17) is 5.26 Å². The van der Waals surface area contributed by atoms with E-state index >= 15 is 0 Å². The van der Waals surface area contributed by atoms with Crippen LogP contribution in [0.5, 0.6) is 0 Å². The quantitative estimate of drug-likeness (QED) is 0.701. The van der Waals surface area contributed by atoms with Crippen LogP contribution in [0.15, 0.2) is 42.6 Å². The Bertz CT molecular complexity index is 679. The highest BCUT2D eigenvalue weighted by Gasteiger charge is 2.20. The smallest absolute Gasteiger partial charge is 0.101 e. The fraction of sp³-hybridized carbons (Fsp3) is 0.455. The number of nitrogens with zero attached hydrogens (tertiary/aromatic N) is 2. The van der Waals surface area contributed by atoms with Crippen molar-refractivity contribution in [3.8, 4) is 17.3 Å². The van der Waals surface area contributed by atoms with Gasteiger partial charge in [-0.05, 0) is 48.8 Å². The molecule has 2 unspecified atom stereocenters. The van der Waals surface area contributed by atoms with Crippen molar-refractivity contribution in [3.05, 3.63) is 53.7 Å². The molecule has 2 aromatic rings. The minimum Gasteiger partial charge on any atom is -0.255 e. The molecule has 1 aliphatic rings. The molecule has 1 aliphatic carbocycles. The molecule has 0 amide bonds. The van der Waals surface area contributed by atoms with E-state index in [-0.39, 0.29) is 0 Å². The van der Waals surface area contributed by atoms with Crippen LogP contribution in [-0.4, -0.2) is 4.98 Å². The zero-order valence-corrected chi connectivity index (χ0v) is 14.5. The molecule has 1 heterocycles. The van der Waals surface area contributed by atoms with Crippen LogP contribution in [0.1, 0.15) is 56.6 Å². The maximum atomic E-state index is 8.84. The van der Waals surface area contributed by atoms with Gasteiger partial charge in [-0.3, -0.25) is 4.98 Å². The largest absolute Gasteiger partial charge is 0.255 e. The van der Waals surface area contributed by atoms with E-state index in [0.29, 0.717) is 5.56 Å². The van der Waals surface area contributed by atoms with Gasteiger partial charge in [-0.1, -0.05) is 56.9 Å². The molecule has 1 fully saturated rings. The van der Waals surface area contributed by atoms with Crippen LogP contribution < -0.4 is 0 Å². The summed E-state index contributed by atoms with van der Waals surface area (Å²) >= 11 is 0. The van der Waals surface area contributed by atoms with Gasteiger partial charge in [0.25, 0.3) is 0 Å². The second kappa shape index (κ2) is 8.11. The molecule has 24 heavy (non-hydrogen) atoms. The van der Waals surface area contributed by atoms with Gasteiger partial charge in [0.05, 0.1) is 11.3 Å². The van der Waals surface area contributed by atoms with Crippen molar-refractivity contribution in [2.45, 2.75) is 51.9 Å². The van der Waals surface area contributed by atoms with Gasteiger partial charge in [-0.2, -0.15) is 5.26 Å². The fourth-order valence-corrected chi connectivity index (χ4v) is 3.88. The molecule has 0 radical (unpaired) electrons. The summed E-state index contributed by atoms with van der Waals surface area (Å²) in [6.07, 6.45) is 11.2. The third kappa shape index (κ3) is 4.23. The number of hydrogen-bond acceptors (Lipinski definition) is 2. The maximum Gasteiger partial charge on any atom is 0.101 e. The molecule has 2 heteroatoms. The lowest BCUT2D eigenvalue weighted by atomic mass is 9.78. The van der Waals surface area contributed by atoms with Gasteiger partial charge in [0.2, 0.25) is 0 Å². The van der Waals surface area contributed by atoms with Gasteiger partial charge >= 0.3 is 0 Å². The van der Waals surface area contributed by atoms with Gasteiger partial charge in [0.15, 0.2) is 0 Å². The minimum absolute atomic E-state index is 0.605. The molecule has 0 N–H and O–H groups in total. The molecule has 2 nitrogen and oxygen atoms in total. The predicted molar refractivity (Wildman–Crippen MR) is 98.4 cm³/mol. The number of aromatic nitrogens is 1. The van der Waals surface area contributed by atoms with Crippen LogP contribution in [-0.2, 0) is 6.42 Å². The Labute approximate surface area is 145 Å². The van der Waals surface area contributed by atoms with Gasteiger partial charge < -0.3 is 0 Å². The van der Waals surface area contributed by atoms with Crippen LogP contribution in [0.3, 0.4) is 0 Å². The second-order valence-corrected chi connectivity index (χ2v) is 7.09. The summed E-state index contributed by atoms with van der Waals surface area (Å²) in [5, 5.41) is 8.84. The molecule has 0 bridgehead atoms. The number of benzene rings is 1. The van der Waals surface area contributed by atoms with Crippen LogP contribution >= 0.6 is 0 Å². The van der Waals surface area contributed by atoms with Crippen molar-refractivity contribution in [2.75, 3.05) is 0 Å². The number of aryl methyl sites for hydroxylation is 1. The van der Waals surface area contributed by atoms with E-state index in [1.807, 2.05) is 12.1 Å². The molecule has 1 aromatic heterocycles. The molecule has 0 saturated heterocycles. The minimum atomic E-state index is 0.605. The molecule has 0 spiro atoms. The highest BCUT2D eigenvalue weighted by Crippen LogP contribution is 2.33. The monoisotopic (exact) mass is 318 g/mol. The highest BCUT2D eigenvalue weighted by molar-refractivity contribution is 5.59. The van der Waals surface area contributed by atoms with Crippen molar-refractivity contribution in [2.24, 2.45) is 11.8 Å². The molecule has 1 aromatic carbocycles. The number of pyridine rings is 1. The molecule has 3 rings (SSSR count). The molecular weight excluding hydrogens is 292 g/mol. The first-order chi connectivity index (χ1) is 11.8. The van der Waals surface area contributed by atoms with E-state index in [0.717, 1.165) is 23.1 Å².